The first-order valence-corrected chi connectivity index (χ1v) is 10.0. The summed E-state index contributed by atoms with van der Waals surface area (Å²) in [7, 11) is 1.83. The summed E-state index contributed by atoms with van der Waals surface area (Å²) < 4.78 is 13.8. The van der Waals surface area contributed by atoms with Gasteiger partial charge in [-0.15, -0.1) is 0 Å². The highest BCUT2D eigenvalue weighted by Gasteiger charge is 2.24. The minimum atomic E-state index is -0.152. The molecule has 1 aliphatic rings. The van der Waals surface area contributed by atoms with E-state index >= 15 is 0 Å². The third kappa shape index (κ3) is 4.66. The van der Waals surface area contributed by atoms with Crippen molar-refractivity contribution in [2.24, 2.45) is 5.92 Å². The van der Waals surface area contributed by atoms with Gasteiger partial charge in [0.15, 0.2) is 17.6 Å². The molecule has 0 fully saturated rings. The van der Waals surface area contributed by atoms with Crippen molar-refractivity contribution in [3.63, 3.8) is 0 Å². The number of nitrogens with zero attached hydrogens (tertiary/aromatic N) is 3. The van der Waals surface area contributed by atoms with Crippen molar-refractivity contribution in [1.29, 1.82) is 0 Å². The summed E-state index contributed by atoms with van der Waals surface area (Å²) in [6.45, 7) is 10.4. The Morgan fingerprint density at radius 1 is 1.29 bits per heavy atom. The number of amides is 1. The summed E-state index contributed by atoms with van der Waals surface area (Å²) in [6.07, 6.45) is 1.03. The van der Waals surface area contributed by atoms with Gasteiger partial charge in [-0.25, -0.2) is 0 Å². The molecular weight excluding hydrogens is 354 g/mol. The number of fused-ring (bicyclic) bond motifs is 1. The monoisotopic (exact) mass is 385 g/mol. The number of carbonyl (C=O) groups is 1. The number of ether oxygens (including phenoxy) is 2. The molecule has 1 aromatic carbocycles. The number of rotatable bonds is 7. The van der Waals surface area contributed by atoms with Crippen LogP contribution in [0.25, 0.3) is 0 Å². The zero-order valence-electron chi connectivity index (χ0n) is 17.6. The summed E-state index contributed by atoms with van der Waals surface area (Å²) >= 11 is 0. The molecule has 0 saturated carbocycles. The summed E-state index contributed by atoms with van der Waals surface area (Å²) in [5.41, 5.74) is 3.38. The quantitative estimate of drug-likeness (QED) is 0.733. The number of para-hydroxylation sites is 2. The van der Waals surface area contributed by atoms with Crippen LogP contribution in [0.3, 0.4) is 0 Å². The Morgan fingerprint density at radius 2 is 2.00 bits per heavy atom. The number of likely N-dealkylation sites (N-methyl/N-ethyl adjacent to an activating group) is 1. The van der Waals surface area contributed by atoms with Gasteiger partial charge in [-0.2, -0.15) is 5.10 Å². The molecule has 1 atom stereocenters. The molecule has 1 amide bonds. The lowest BCUT2D eigenvalue weighted by Crippen LogP contribution is -2.41. The summed E-state index contributed by atoms with van der Waals surface area (Å²) in [4.78, 5) is 14.4. The highest BCUT2D eigenvalue weighted by Crippen LogP contribution is 2.31. The van der Waals surface area contributed by atoms with E-state index < -0.39 is 0 Å². The maximum absolute atomic E-state index is 12.6. The van der Waals surface area contributed by atoms with E-state index in [9.17, 15) is 4.79 Å². The average molecular weight is 386 g/mol. The third-order valence-corrected chi connectivity index (χ3v) is 5.13. The van der Waals surface area contributed by atoms with E-state index in [0.717, 1.165) is 23.7 Å². The second-order valence-electron chi connectivity index (χ2n) is 8.00. The van der Waals surface area contributed by atoms with Crippen LogP contribution in [-0.4, -0.2) is 46.9 Å². The molecule has 1 aromatic heterocycles. The fourth-order valence-corrected chi connectivity index (χ4v) is 3.60. The predicted molar refractivity (Wildman–Crippen MR) is 109 cm³/mol. The minimum absolute atomic E-state index is 0.109. The molecule has 0 aliphatic carbocycles. The van der Waals surface area contributed by atoms with Crippen LogP contribution in [0.5, 0.6) is 11.5 Å². The number of aryl methyl sites for hydroxylation is 1. The molecule has 152 valence electrons. The summed E-state index contributed by atoms with van der Waals surface area (Å²) in [5, 5.41) is 4.64. The number of hydrogen-bond acceptors (Lipinski definition) is 4. The van der Waals surface area contributed by atoms with Crippen LogP contribution < -0.4 is 9.47 Å². The van der Waals surface area contributed by atoms with Crippen molar-refractivity contribution in [3.05, 3.63) is 41.2 Å². The number of benzene rings is 1. The van der Waals surface area contributed by atoms with E-state index in [1.807, 2.05) is 38.2 Å². The Kier molecular flexibility index (Phi) is 6.27. The Labute approximate surface area is 167 Å². The molecule has 6 nitrogen and oxygen atoms in total. The highest BCUT2D eigenvalue weighted by molar-refractivity contribution is 5.76. The van der Waals surface area contributed by atoms with Crippen LogP contribution in [0.4, 0.5) is 0 Å². The first-order valence-electron chi connectivity index (χ1n) is 10.0. The van der Waals surface area contributed by atoms with Gasteiger partial charge >= 0.3 is 0 Å². The molecule has 1 aliphatic heterocycles. The Hall–Kier alpha value is -2.50. The van der Waals surface area contributed by atoms with Crippen molar-refractivity contribution in [1.82, 2.24) is 14.7 Å². The van der Waals surface area contributed by atoms with E-state index in [1.165, 1.54) is 11.3 Å². The van der Waals surface area contributed by atoms with Gasteiger partial charge in [-0.3, -0.25) is 9.48 Å². The molecule has 3 rings (SSSR count). The molecule has 0 N–H and O–H groups in total. The number of aromatic nitrogens is 2. The van der Waals surface area contributed by atoms with Gasteiger partial charge in [0.1, 0.15) is 6.61 Å². The van der Waals surface area contributed by atoms with E-state index in [2.05, 4.69) is 30.6 Å². The van der Waals surface area contributed by atoms with Crippen LogP contribution in [0.1, 0.15) is 37.2 Å². The maximum atomic E-state index is 12.6. The normalized spacial score (nSPS) is 15.7. The molecule has 6 heteroatoms. The third-order valence-electron chi connectivity index (χ3n) is 5.13. The molecule has 28 heavy (non-hydrogen) atoms. The van der Waals surface area contributed by atoms with Gasteiger partial charge in [0.25, 0.3) is 0 Å². The van der Waals surface area contributed by atoms with Gasteiger partial charge in [0.05, 0.1) is 12.2 Å². The zero-order valence-corrected chi connectivity index (χ0v) is 17.6. The number of carbonyl (C=O) groups excluding carboxylic acids is 1. The van der Waals surface area contributed by atoms with Crippen LogP contribution in [-0.2, 0) is 17.8 Å². The van der Waals surface area contributed by atoms with Crippen molar-refractivity contribution in [2.75, 3.05) is 20.2 Å². The van der Waals surface area contributed by atoms with Crippen LogP contribution >= 0.6 is 0 Å². The number of hydrogen-bond donors (Lipinski definition) is 0. The Morgan fingerprint density at radius 3 is 2.71 bits per heavy atom. The smallest absolute Gasteiger partial charge is 0.222 e. The standard InChI is InChI=1S/C22H31N3O3/c1-15(2)12-25-17(4)19(16(3)23-25)10-11-22(26)24(5)13-18-14-27-20-8-6-7-9-21(20)28-18/h6-9,15,18H,10-14H2,1-5H3/t18-/m1/s1. The van der Waals surface area contributed by atoms with Gasteiger partial charge in [-0.05, 0) is 43.9 Å². The van der Waals surface area contributed by atoms with E-state index in [-0.39, 0.29) is 12.0 Å². The topological polar surface area (TPSA) is 56.6 Å². The second-order valence-corrected chi connectivity index (χ2v) is 8.00. The van der Waals surface area contributed by atoms with E-state index in [1.54, 1.807) is 4.90 Å². The fraction of sp³-hybridized carbons (Fsp3) is 0.545. The molecule has 2 aromatic rings. The predicted octanol–water partition coefficient (Wildman–Crippen LogP) is 3.39. The van der Waals surface area contributed by atoms with Gasteiger partial charge in [-0.1, -0.05) is 26.0 Å². The molecule has 2 heterocycles. The van der Waals surface area contributed by atoms with Gasteiger partial charge < -0.3 is 14.4 Å². The lowest BCUT2D eigenvalue weighted by Gasteiger charge is -2.29. The first-order chi connectivity index (χ1) is 13.3. The molecular formula is C22H31N3O3. The molecule has 0 radical (unpaired) electrons. The van der Waals surface area contributed by atoms with E-state index in [0.29, 0.717) is 31.9 Å². The van der Waals surface area contributed by atoms with Crippen LogP contribution in [0, 0.1) is 19.8 Å². The molecule has 0 bridgehead atoms. The minimum Gasteiger partial charge on any atom is -0.486 e. The first kappa shape index (κ1) is 20.2. The van der Waals surface area contributed by atoms with Crippen molar-refractivity contribution in [2.45, 2.75) is 53.2 Å². The molecule has 0 saturated heterocycles. The maximum Gasteiger partial charge on any atom is 0.222 e. The van der Waals surface area contributed by atoms with Gasteiger partial charge in [0.2, 0.25) is 5.91 Å². The summed E-state index contributed by atoms with van der Waals surface area (Å²) in [6, 6.07) is 7.63. The molecule has 0 spiro atoms. The fourth-order valence-electron chi connectivity index (χ4n) is 3.60. The summed E-state index contributed by atoms with van der Waals surface area (Å²) in [5.74, 6) is 2.15. The lowest BCUT2D eigenvalue weighted by molar-refractivity contribution is -0.131. The van der Waals surface area contributed by atoms with Gasteiger partial charge in [0, 0.05) is 25.7 Å². The Bertz CT molecular complexity index is 828. The highest BCUT2D eigenvalue weighted by atomic mass is 16.6. The lowest BCUT2D eigenvalue weighted by atomic mass is 10.1. The largest absolute Gasteiger partial charge is 0.486 e. The second kappa shape index (κ2) is 8.67. The zero-order chi connectivity index (χ0) is 20.3. The van der Waals surface area contributed by atoms with Crippen LogP contribution in [0.15, 0.2) is 24.3 Å². The molecule has 0 unspecified atom stereocenters. The average Bonchev–Trinajstić information content (AvgIpc) is 2.92. The van der Waals surface area contributed by atoms with Crippen LogP contribution in [0.2, 0.25) is 0 Å². The SMILES string of the molecule is Cc1nn(CC(C)C)c(C)c1CCC(=O)N(C)C[C@@H]1COc2ccccc2O1. The van der Waals surface area contributed by atoms with Crippen molar-refractivity contribution >= 4 is 5.91 Å². The Balaban J connectivity index is 1.53. The van der Waals surface area contributed by atoms with Crippen molar-refractivity contribution in [3.8, 4) is 11.5 Å². The van der Waals surface area contributed by atoms with Crippen molar-refractivity contribution < 1.29 is 14.3 Å². The van der Waals surface area contributed by atoms with E-state index in [4.69, 9.17) is 9.47 Å².